The molecular weight excluding hydrogens is 865 g/mol. The summed E-state index contributed by atoms with van der Waals surface area (Å²) in [7, 11) is 0. The average Bonchev–Trinajstić information content (AvgIpc) is 3.28. The van der Waals surface area contributed by atoms with Crippen LogP contribution >= 0.6 is 0 Å². The molecule has 0 aliphatic rings. The van der Waals surface area contributed by atoms with E-state index >= 15 is 0 Å². The fourth-order valence-corrected chi connectivity index (χ4v) is 6.38. The summed E-state index contributed by atoms with van der Waals surface area (Å²) in [5, 5.41) is 0. The van der Waals surface area contributed by atoms with Crippen LogP contribution in [0.3, 0.4) is 0 Å². The Hall–Kier alpha value is -7.50. The molecule has 0 unspecified atom stereocenters. The molecule has 6 aromatic carbocycles. The minimum atomic E-state index is -4.60. The minimum Gasteiger partial charge on any atom is -0.208 e. The lowest BCUT2D eigenvalue weighted by atomic mass is 10.0. The zero-order valence-electron chi connectivity index (χ0n) is 32.1. The summed E-state index contributed by atoms with van der Waals surface area (Å²) in [6.45, 7) is 0. The third kappa shape index (κ3) is 9.45. The fourth-order valence-electron chi connectivity index (χ4n) is 6.38. The summed E-state index contributed by atoms with van der Waals surface area (Å²) < 4.78 is 160. The van der Waals surface area contributed by atoms with Gasteiger partial charge in [0, 0.05) is 33.4 Å². The molecule has 0 spiro atoms. The number of aromatic nitrogens is 6. The number of hydrogen-bond donors (Lipinski definition) is 0. The third-order valence-electron chi connectivity index (χ3n) is 9.77. The summed E-state index contributed by atoms with van der Waals surface area (Å²) in [5.41, 5.74) is -0.629. The van der Waals surface area contributed by atoms with Crippen LogP contribution in [0.15, 0.2) is 146 Å². The van der Waals surface area contributed by atoms with E-state index < -0.39 is 47.0 Å². The van der Waals surface area contributed by atoms with E-state index in [0.29, 0.717) is 22.3 Å². The van der Waals surface area contributed by atoms with E-state index in [1.165, 1.54) is 48.5 Å². The maximum Gasteiger partial charge on any atom is 0.416 e. The largest absolute Gasteiger partial charge is 0.416 e. The van der Waals surface area contributed by atoms with Gasteiger partial charge in [0.25, 0.3) is 0 Å². The molecule has 322 valence electrons. The molecule has 64 heavy (non-hydrogen) atoms. The van der Waals surface area contributed by atoms with Crippen LogP contribution in [0.25, 0.3) is 79.5 Å². The number of hydrogen-bond acceptors (Lipinski definition) is 6. The van der Waals surface area contributed by atoms with E-state index in [9.17, 15) is 52.7 Å². The van der Waals surface area contributed by atoms with Crippen LogP contribution in [0.1, 0.15) is 22.3 Å². The van der Waals surface area contributed by atoms with Gasteiger partial charge in [0.2, 0.25) is 0 Å². The highest BCUT2D eigenvalue weighted by atomic mass is 19.4. The molecule has 0 atom stereocenters. The van der Waals surface area contributed by atoms with E-state index in [4.69, 9.17) is 0 Å². The highest BCUT2D eigenvalue weighted by molar-refractivity contribution is 5.73. The summed E-state index contributed by atoms with van der Waals surface area (Å²) in [5.74, 6) is 0.0155. The zero-order valence-corrected chi connectivity index (χ0v) is 32.1. The second kappa shape index (κ2) is 16.3. The van der Waals surface area contributed by atoms with Gasteiger partial charge in [-0.15, -0.1) is 0 Å². The van der Waals surface area contributed by atoms with Crippen molar-refractivity contribution < 1.29 is 52.7 Å². The number of nitrogens with zero attached hydrogens (tertiary/aromatic N) is 6. The lowest BCUT2D eigenvalue weighted by molar-refractivity contribution is -0.138. The maximum atomic E-state index is 13.3. The molecule has 0 bridgehead atoms. The Morgan fingerprint density at radius 1 is 0.188 bits per heavy atom. The van der Waals surface area contributed by atoms with Gasteiger partial charge in [-0.2, -0.15) is 52.7 Å². The van der Waals surface area contributed by atoms with Crippen molar-refractivity contribution in [2.75, 3.05) is 0 Å². The van der Waals surface area contributed by atoms with Crippen LogP contribution in [0.5, 0.6) is 0 Å². The molecule has 6 nitrogen and oxygen atoms in total. The highest BCUT2D eigenvalue weighted by Gasteiger charge is 2.33. The number of alkyl halides is 12. The molecule has 2 heterocycles. The van der Waals surface area contributed by atoms with E-state index in [2.05, 4.69) is 29.9 Å². The maximum absolute atomic E-state index is 13.3. The van der Waals surface area contributed by atoms with Crippen LogP contribution in [-0.4, -0.2) is 29.9 Å². The molecule has 2 aromatic heterocycles. The molecular formula is C46H24F12N6. The van der Waals surface area contributed by atoms with Crippen molar-refractivity contribution in [1.29, 1.82) is 0 Å². The zero-order chi connectivity index (χ0) is 45.6. The van der Waals surface area contributed by atoms with Crippen molar-refractivity contribution >= 4 is 0 Å². The van der Waals surface area contributed by atoms with Gasteiger partial charge in [-0.1, -0.05) is 97.1 Å². The Morgan fingerprint density at radius 3 is 0.453 bits per heavy atom. The van der Waals surface area contributed by atoms with Gasteiger partial charge in [-0.25, -0.2) is 29.9 Å². The molecule has 0 saturated heterocycles. The second-order valence-corrected chi connectivity index (χ2v) is 14.1. The normalized spacial score (nSPS) is 12.4. The van der Waals surface area contributed by atoms with Crippen molar-refractivity contribution in [3.63, 3.8) is 0 Å². The van der Waals surface area contributed by atoms with E-state index in [0.717, 1.165) is 48.5 Å². The number of benzene rings is 6. The predicted molar refractivity (Wildman–Crippen MR) is 211 cm³/mol. The monoisotopic (exact) mass is 888 g/mol. The predicted octanol–water partition coefficient (Wildman–Crippen LogP) is 13.8. The summed E-state index contributed by atoms with van der Waals surface area (Å²) >= 11 is 0. The van der Waals surface area contributed by atoms with Crippen LogP contribution in [-0.2, 0) is 24.7 Å². The van der Waals surface area contributed by atoms with Gasteiger partial charge in [0.15, 0.2) is 34.9 Å². The Kier molecular flexibility index (Phi) is 11.0. The Labute approximate surface area is 354 Å². The first kappa shape index (κ1) is 43.2. The van der Waals surface area contributed by atoms with Crippen molar-refractivity contribution in [1.82, 2.24) is 29.9 Å². The van der Waals surface area contributed by atoms with E-state index in [-0.39, 0.29) is 57.2 Å². The number of halogens is 12. The summed E-state index contributed by atoms with van der Waals surface area (Å²) in [6, 6.07) is 29.7. The van der Waals surface area contributed by atoms with Crippen molar-refractivity contribution in [2.45, 2.75) is 24.7 Å². The third-order valence-corrected chi connectivity index (χ3v) is 9.77. The molecule has 0 amide bonds. The van der Waals surface area contributed by atoms with Crippen LogP contribution in [0.4, 0.5) is 52.7 Å². The quantitative estimate of drug-likeness (QED) is 0.148. The smallest absolute Gasteiger partial charge is 0.208 e. The Morgan fingerprint density at radius 2 is 0.312 bits per heavy atom. The first-order valence-electron chi connectivity index (χ1n) is 18.6. The molecule has 8 aromatic rings. The second-order valence-electron chi connectivity index (χ2n) is 14.1. The van der Waals surface area contributed by atoms with Gasteiger partial charge in [-0.3, -0.25) is 0 Å². The SMILES string of the molecule is FC(F)(F)c1ccc(-c2nc(-c3ccc(-c4ccc(-c5nc(-c6ccc(C(F)(F)F)cc6)nc(-c6ccc(C(F)(F)F)cc6)n5)cc4)cc3)nc(-c3ccc(C(F)(F)F)cc3)n2)cc1. The Balaban J connectivity index is 1.12. The van der Waals surface area contributed by atoms with Crippen LogP contribution in [0.2, 0.25) is 0 Å². The van der Waals surface area contributed by atoms with E-state index in [1.54, 1.807) is 48.5 Å². The first-order valence-corrected chi connectivity index (χ1v) is 18.6. The molecule has 0 aliphatic carbocycles. The van der Waals surface area contributed by atoms with Gasteiger partial charge in [-0.05, 0) is 59.7 Å². The van der Waals surface area contributed by atoms with Gasteiger partial charge in [0.1, 0.15) is 0 Å². The van der Waals surface area contributed by atoms with Crippen LogP contribution < -0.4 is 0 Å². The van der Waals surface area contributed by atoms with E-state index in [1.807, 2.05) is 0 Å². The molecule has 0 saturated carbocycles. The van der Waals surface area contributed by atoms with Crippen molar-refractivity contribution in [2.24, 2.45) is 0 Å². The van der Waals surface area contributed by atoms with Gasteiger partial charge < -0.3 is 0 Å². The molecule has 0 aliphatic heterocycles. The lowest BCUT2D eigenvalue weighted by Crippen LogP contribution is -2.05. The number of rotatable bonds is 7. The first-order chi connectivity index (χ1) is 30.2. The lowest BCUT2D eigenvalue weighted by Gasteiger charge is -2.12. The molecule has 0 radical (unpaired) electrons. The van der Waals surface area contributed by atoms with Gasteiger partial charge >= 0.3 is 24.7 Å². The average molecular weight is 889 g/mol. The summed E-state index contributed by atoms with van der Waals surface area (Å²) in [4.78, 5) is 26.7. The topological polar surface area (TPSA) is 77.3 Å². The molecule has 18 heteroatoms. The van der Waals surface area contributed by atoms with Crippen LogP contribution in [0, 0.1) is 0 Å². The van der Waals surface area contributed by atoms with Crippen molar-refractivity contribution in [3.05, 3.63) is 168 Å². The standard InChI is InChI=1S/C46H24F12N6/c47-43(48,49)33-17-9-29(10-18-33)39-59-37(60-40(63-39)30-11-19-34(20-12-30)44(50,51)52)27-5-1-25(2-6-27)26-3-7-28(8-4-26)38-61-41(31-13-21-35(22-14-31)45(53,54)55)64-42(62-38)32-15-23-36(24-16-32)46(56,57)58/h1-24H. The highest BCUT2D eigenvalue weighted by Crippen LogP contribution is 2.36. The minimum absolute atomic E-state index is 0.0328. The molecule has 0 N–H and O–H groups in total. The molecule has 8 rings (SSSR count). The summed E-state index contributed by atoms with van der Waals surface area (Å²) in [6.07, 6.45) is -18.4. The Bertz CT molecular complexity index is 2570. The van der Waals surface area contributed by atoms with Gasteiger partial charge in [0.05, 0.1) is 22.3 Å². The fraction of sp³-hybridized carbons (Fsp3) is 0.0870. The molecule has 0 fully saturated rings. The van der Waals surface area contributed by atoms with Crippen molar-refractivity contribution in [3.8, 4) is 79.5 Å².